The quantitative estimate of drug-likeness (QED) is 0.584. The van der Waals surface area contributed by atoms with Gasteiger partial charge in [0.15, 0.2) is 0 Å². The van der Waals surface area contributed by atoms with Gasteiger partial charge in [-0.1, -0.05) is 0 Å². The molecule has 0 aliphatic rings. The monoisotopic (exact) mass is 130 g/mol. The molecule has 0 saturated heterocycles. The molecular weight excluding hydrogens is 118 g/mol. The lowest BCUT2D eigenvalue weighted by molar-refractivity contribution is 0.380. The van der Waals surface area contributed by atoms with Gasteiger partial charge in [0.25, 0.3) is 0 Å². The maximum absolute atomic E-state index is 7.14. The zero-order chi connectivity index (χ0) is 10.9. The highest BCUT2D eigenvalue weighted by Gasteiger charge is 1.90. The molecule has 0 aliphatic heterocycles. The van der Waals surface area contributed by atoms with Gasteiger partial charge < -0.3 is 10.5 Å². The van der Waals surface area contributed by atoms with Crippen molar-refractivity contribution in [3.8, 4) is 6.01 Å². The first-order valence-corrected chi connectivity index (χ1v) is 2.09. The van der Waals surface area contributed by atoms with Gasteiger partial charge >= 0.3 is 6.01 Å². The van der Waals surface area contributed by atoms with Crippen LogP contribution < -0.4 is 10.5 Å². The summed E-state index contributed by atoms with van der Waals surface area (Å²) in [6.45, 7) is 0. The van der Waals surface area contributed by atoms with Crippen LogP contribution in [0, 0.1) is 0 Å². The summed E-state index contributed by atoms with van der Waals surface area (Å²) in [5.41, 5.74) is 5.22. The SMILES string of the molecule is [2H]c1nc(OC([2H])([2H])[2H])nc(N)c1[2H]. The van der Waals surface area contributed by atoms with E-state index in [1.165, 1.54) is 0 Å². The van der Waals surface area contributed by atoms with Gasteiger partial charge in [0.2, 0.25) is 0 Å². The van der Waals surface area contributed by atoms with Crippen LogP contribution in [0.15, 0.2) is 12.2 Å². The van der Waals surface area contributed by atoms with E-state index in [0.717, 1.165) is 0 Å². The number of anilines is 1. The van der Waals surface area contributed by atoms with Gasteiger partial charge in [0, 0.05) is 6.17 Å². The molecule has 4 heteroatoms. The first-order chi connectivity index (χ1) is 6.29. The summed E-state index contributed by atoms with van der Waals surface area (Å²) in [4.78, 5) is 6.72. The predicted molar refractivity (Wildman–Crippen MR) is 33.0 cm³/mol. The summed E-state index contributed by atoms with van der Waals surface area (Å²) in [5, 5.41) is 0. The van der Waals surface area contributed by atoms with Crippen molar-refractivity contribution in [2.75, 3.05) is 12.8 Å². The number of rotatable bonds is 1. The smallest absolute Gasteiger partial charge is 0.318 e. The molecule has 0 saturated carbocycles. The first-order valence-electron chi connectivity index (χ1n) is 4.59. The number of hydrogen-bond donors (Lipinski definition) is 1. The Morgan fingerprint density at radius 1 is 2.00 bits per heavy atom. The number of nitrogen functional groups attached to an aromatic ring is 1. The van der Waals surface area contributed by atoms with Crippen molar-refractivity contribution in [1.82, 2.24) is 9.97 Å². The minimum absolute atomic E-state index is 0.288. The van der Waals surface area contributed by atoms with Gasteiger partial charge in [-0.2, -0.15) is 4.98 Å². The third kappa shape index (κ3) is 1.28. The van der Waals surface area contributed by atoms with Crippen LogP contribution in [0.1, 0.15) is 6.85 Å². The fraction of sp³-hybridized carbons (Fsp3) is 0.200. The zero-order valence-corrected chi connectivity index (χ0v) is 4.38. The highest BCUT2D eigenvalue weighted by atomic mass is 16.5. The average Bonchev–Trinajstić information content (AvgIpc) is 1.96. The molecule has 0 fully saturated rings. The second-order valence-corrected chi connectivity index (χ2v) is 1.23. The first kappa shape index (κ1) is 2.13. The van der Waals surface area contributed by atoms with Crippen molar-refractivity contribution in [1.29, 1.82) is 0 Å². The molecule has 0 amide bonds. The van der Waals surface area contributed by atoms with Crippen molar-refractivity contribution in [2.24, 2.45) is 0 Å². The standard InChI is InChI=1S/C5H7N3O/c1-9-5-7-3-2-4(6)8-5/h2-3H,1H3,(H2,6,7,8)/i1D3,2D,3D. The molecule has 1 aromatic rings. The minimum Gasteiger partial charge on any atom is -0.467 e. The van der Waals surface area contributed by atoms with Crippen LogP contribution in [0.2, 0.25) is 0 Å². The second kappa shape index (κ2) is 2.30. The van der Waals surface area contributed by atoms with E-state index in [1.807, 2.05) is 0 Å². The predicted octanol–water partition coefficient (Wildman–Crippen LogP) is 0.0674. The van der Waals surface area contributed by atoms with Crippen molar-refractivity contribution >= 4 is 5.82 Å². The van der Waals surface area contributed by atoms with Crippen LogP contribution in [-0.4, -0.2) is 17.0 Å². The Labute approximate surface area is 59.7 Å². The highest BCUT2D eigenvalue weighted by Crippen LogP contribution is 2.01. The van der Waals surface area contributed by atoms with E-state index in [-0.39, 0.29) is 11.9 Å². The highest BCUT2D eigenvalue weighted by molar-refractivity contribution is 5.26. The molecule has 0 radical (unpaired) electrons. The number of hydrogen-bond acceptors (Lipinski definition) is 4. The van der Waals surface area contributed by atoms with Gasteiger partial charge in [0.1, 0.15) is 5.82 Å². The molecule has 1 rings (SSSR count). The lowest BCUT2D eigenvalue weighted by Crippen LogP contribution is -1.94. The molecule has 1 heterocycles. The number of ether oxygens (including phenoxy) is 1. The fourth-order valence-electron chi connectivity index (χ4n) is 0.335. The third-order valence-electron chi connectivity index (χ3n) is 0.643. The molecule has 0 unspecified atom stereocenters. The van der Waals surface area contributed by atoms with Gasteiger partial charge in [-0.25, -0.2) is 4.98 Å². The van der Waals surface area contributed by atoms with Crippen LogP contribution in [-0.2, 0) is 0 Å². The van der Waals surface area contributed by atoms with E-state index in [1.54, 1.807) is 0 Å². The van der Waals surface area contributed by atoms with Crippen LogP contribution in [0.5, 0.6) is 6.01 Å². The van der Waals surface area contributed by atoms with E-state index in [9.17, 15) is 0 Å². The zero-order valence-electron chi connectivity index (χ0n) is 9.38. The molecule has 0 atom stereocenters. The Morgan fingerprint density at radius 2 is 2.89 bits per heavy atom. The summed E-state index contributed by atoms with van der Waals surface area (Å²) in [6.07, 6.45) is -0.475. The molecule has 9 heavy (non-hydrogen) atoms. The topological polar surface area (TPSA) is 61.0 Å². The second-order valence-electron chi connectivity index (χ2n) is 1.23. The number of nitrogens with zero attached hydrogens (tertiary/aromatic N) is 2. The van der Waals surface area contributed by atoms with E-state index in [2.05, 4.69) is 14.7 Å². The van der Waals surface area contributed by atoms with Crippen LogP contribution in [0.25, 0.3) is 0 Å². The van der Waals surface area contributed by atoms with E-state index < -0.39 is 19.2 Å². The Balaban J connectivity index is 3.02. The van der Waals surface area contributed by atoms with Crippen molar-refractivity contribution in [3.05, 3.63) is 12.2 Å². The summed E-state index contributed by atoms with van der Waals surface area (Å²) in [6, 6.07) is -0.883. The summed E-state index contributed by atoms with van der Waals surface area (Å²) < 4.78 is 38.8. The third-order valence-corrected chi connectivity index (χ3v) is 0.643. The molecule has 1 aromatic heterocycles. The molecule has 0 aromatic carbocycles. The molecule has 0 aliphatic carbocycles. The normalized spacial score (nSPS) is 18.4. The lowest BCUT2D eigenvalue weighted by Gasteiger charge is -1.94. The van der Waals surface area contributed by atoms with E-state index >= 15 is 0 Å². The Kier molecular flexibility index (Phi) is 0.545. The maximum atomic E-state index is 7.14. The summed E-state index contributed by atoms with van der Waals surface area (Å²) in [5.74, 6) is -0.288. The Hall–Kier alpha value is -1.32. The number of methoxy groups -OCH3 is 1. The number of aromatic nitrogens is 2. The van der Waals surface area contributed by atoms with Crippen molar-refractivity contribution in [2.45, 2.75) is 0 Å². The van der Waals surface area contributed by atoms with Gasteiger partial charge in [-0.15, -0.1) is 0 Å². The largest absolute Gasteiger partial charge is 0.467 e. The molecular formula is C5H7N3O. The summed E-state index contributed by atoms with van der Waals surface area (Å²) >= 11 is 0. The van der Waals surface area contributed by atoms with Crippen LogP contribution >= 0.6 is 0 Å². The Morgan fingerprint density at radius 3 is 3.56 bits per heavy atom. The molecule has 0 spiro atoms. The van der Waals surface area contributed by atoms with Crippen LogP contribution in [0.3, 0.4) is 0 Å². The lowest BCUT2D eigenvalue weighted by atomic mass is 10.6. The summed E-state index contributed by atoms with van der Waals surface area (Å²) in [7, 11) is -2.69. The van der Waals surface area contributed by atoms with Gasteiger partial charge in [-0.05, 0) is 6.04 Å². The maximum Gasteiger partial charge on any atom is 0.318 e. The van der Waals surface area contributed by atoms with E-state index in [0.29, 0.717) is 0 Å². The molecule has 4 nitrogen and oxygen atoms in total. The average molecular weight is 130 g/mol. The molecule has 0 bridgehead atoms. The van der Waals surface area contributed by atoms with Gasteiger partial charge in [-0.3, -0.25) is 0 Å². The molecule has 2 N–H and O–H groups in total. The van der Waals surface area contributed by atoms with Gasteiger partial charge in [0.05, 0.1) is 13.9 Å². The number of nitrogens with two attached hydrogens (primary N) is 1. The fourth-order valence-corrected chi connectivity index (χ4v) is 0.335. The van der Waals surface area contributed by atoms with Crippen LogP contribution in [0.4, 0.5) is 5.82 Å². The minimum atomic E-state index is -2.69. The van der Waals surface area contributed by atoms with Crippen molar-refractivity contribution in [3.63, 3.8) is 0 Å². The molecule has 48 valence electrons. The van der Waals surface area contributed by atoms with E-state index in [4.69, 9.17) is 12.6 Å². The van der Waals surface area contributed by atoms with Crippen molar-refractivity contribution < 1.29 is 11.6 Å². The Bertz CT molecular complexity index is 329.